The van der Waals surface area contributed by atoms with Crippen molar-refractivity contribution >= 4 is 17.2 Å². The fourth-order valence-corrected chi connectivity index (χ4v) is 3.79. The van der Waals surface area contributed by atoms with Gasteiger partial charge < -0.3 is 11.1 Å². The predicted octanol–water partition coefficient (Wildman–Crippen LogP) is 1.82. The average Bonchev–Trinajstić information content (AvgIpc) is 3.07. The second-order valence-electron chi connectivity index (χ2n) is 6.07. The number of amides is 1. The summed E-state index contributed by atoms with van der Waals surface area (Å²) in [5.74, 6) is -0.0847. The fraction of sp³-hybridized carbons (Fsp3) is 0.444. The number of nitrogens with one attached hydrogen (secondary N) is 1. The predicted molar refractivity (Wildman–Crippen MR) is 97.2 cm³/mol. The lowest BCUT2D eigenvalue weighted by Crippen LogP contribution is -2.33. The first kappa shape index (κ1) is 17.1. The zero-order valence-electron chi connectivity index (χ0n) is 13.8. The van der Waals surface area contributed by atoms with Crippen LogP contribution in [0.5, 0.6) is 0 Å². The van der Waals surface area contributed by atoms with Gasteiger partial charge in [-0.3, -0.25) is 9.69 Å². The Morgan fingerprint density at radius 2 is 2.17 bits per heavy atom. The Kier molecular flexibility index (Phi) is 5.96. The highest BCUT2D eigenvalue weighted by atomic mass is 32.1. The van der Waals surface area contributed by atoms with Crippen molar-refractivity contribution in [2.24, 2.45) is 5.73 Å². The van der Waals surface area contributed by atoms with E-state index in [1.54, 1.807) is 0 Å². The van der Waals surface area contributed by atoms with Crippen molar-refractivity contribution < 1.29 is 4.79 Å². The number of carbonyl (C=O) groups excluding carboxylic acids is 1. The van der Waals surface area contributed by atoms with Gasteiger partial charge in [0.1, 0.15) is 5.69 Å². The topological polar surface area (TPSA) is 71.2 Å². The van der Waals surface area contributed by atoms with E-state index in [1.807, 2.05) is 5.38 Å². The van der Waals surface area contributed by atoms with E-state index < -0.39 is 0 Å². The van der Waals surface area contributed by atoms with E-state index in [1.165, 1.54) is 22.5 Å². The summed E-state index contributed by atoms with van der Waals surface area (Å²) in [6.45, 7) is 4.36. The molecule has 0 bridgehead atoms. The first-order valence-corrected chi connectivity index (χ1v) is 9.36. The highest BCUT2D eigenvalue weighted by Crippen LogP contribution is 2.18. The van der Waals surface area contributed by atoms with Crippen LogP contribution in [0.2, 0.25) is 0 Å². The molecule has 5 nitrogen and oxygen atoms in total. The van der Waals surface area contributed by atoms with Crippen LogP contribution in [0.4, 0.5) is 0 Å². The maximum Gasteiger partial charge on any atom is 0.270 e. The first-order valence-electron chi connectivity index (χ1n) is 8.48. The molecule has 0 atom stereocenters. The summed E-state index contributed by atoms with van der Waals surface area (Å²) in [5, 5.41) is 5.69. The smallest absolute Gasteiger partial charge is 0.270 e. The molecule has 0 spiro atoms. The third-order valence-electron chi connectivity index (χ3n) is 4.29. The minimum Gasteiger partial charge on any atom is -0.351 e. The Balaban J connectivity index is 1.38. The maximum absolute atomic E-state index is 12.1. The molecule has 0 radical (unpaired) electrons. The van der Waals surface area contributed by atoms with Gasteiger partial charge >= 0.3 is 0 Å². The molecule has 128 valence electrons. The van der Waals surface area contributed by atoms with E-state index in [0.29, 0.717) is 18.8 Å². The van der Waals surface area contributed by atoms with Crippen molar-refractivity contribution in [2.75, 3.05) is 26.2 Å². The van der Waals surface area contributed by atoms with Crippen molar-refractivity contribution in [1.29, 1.82) is 0 Å². The van der Waals surface area contributed by atoms with Gasteiger partial charge in [0.15, 0.2) is 0 Å². The Morgan fingerprint density at radius 3 is 3.00 bits per heavy atom. The normalized spacial score (nSPS) is 14.4. The van der Waals surface area contributed by atoms with Gasteiger partial charge in [0.2, 0.25) is 0 Å². The molecule has 0 saturated carbocycles. The summed E-state index contributed by atoms with van der Waals surface area (Å²) < 4.78 is 0. The Bertz CT molecular complexity index is 685. The molecule has 1 aliphatic rings. The van der Waals surface area contributed by atoms with Crippen molar-refractivity contribution in [3.8, 4) is 0 Å². The third kappa shape index (κ3) is 4.41. The molecule has 3 rings (SSSR count). The van der Waals surface area contributed by atoms with Gasteiger partial charge in [-0.15, -0.1) is 11.3 Å². The molecular formula is C18H24N4OS. The molecule has 0 fully saturated rings. The van der Waals surface area contributed by atoms with Gasteiger partial charge in [-0.25, -0.2) is 4.98 Å². The fourth-order valence-electron chi connectivity index (χ4n) is 2.99. The lowest BCUT2D eigenvalue weighted by atomic mass is 10.00. The minimum atomic E-state index is -0.0847. The molecular weight excluding hydrogens is 320 g/mol. The molecule has 2 heterocycles. The molecule has 0 unspecified atom stereocenters. The van der Waals surface area contributed by atoms with Crippen molar-refractivity contribution in [3.05, 3.63) is 51.5 Å². The monoisotopic (exact) mass is 344 g/mol. The molecule has 0 aliphatic carbocycles. The highest BCUT2D eigenvalue weighted by Gasteiger charge is 2.15. The number of nitrogens with two attached hydrogens (primary N) is 1. The van der Waals surface area contributed by atoms with Crippen LogP contribution in [0, 0.1) is 0 Å². The van der Waals surface area contributed by atoms with E-state index in [-0.39, 0.29) is 5.91 Å². The first-order chi connectivity index (χ1) is 11.8. The largest absolute Gasteiger partial charge is 0.351 e. The second-order valence-corrected chi connectivity index (χ2v) is 7.01. The van der Waals surface area contributed by atoms with Crippen LogP contribution in [-0.4, -0.2) is 42.0 Å². The molecule has 3 N–H and O–H groups in total. The number of carbonyl (C=O) groups is 1. The summed E-state index contributed by atoms with van der Waals surface area (Å²) in [7, 11) is 0. The van der Waals surface area contributed by atoms with Gasteiger partial charge in [-0.05, 0) is 30.5 Å². The van der Waals surface area contributed by atoms with Gasteiger partial charge in [0.25, 0.3) is 5.91 Å². The number of aromatic nitrogens is 1. The van der Waals surface area contributed by atoms with Crippen LogP contribution in [0.15, 0.2) is 29.6 Å². The molecule has 1 amide bonds. The van der Waals surface area contributed by atoms with Crippen molar-refractivity contribution in [2.45, 2.75) is 25.8 Å². The number of thiazole rings is 1. The molecule has 1 aromatic carbocycles. The van der Waals surface area contributed by atoms with Crippen LogP contribution in [0.25, 0.3) is 0 Å². The molecule has 1 aliphatic heterocycles. The summed E-state index contributed by atoms with van der Waals surface area (Å²) in [6, 6.07) is 8.65. The summed E-state index contributed by atoms with van der Waals surface area (Å²) >= 11 is 1.50. The van der Waals surface area contributed by atoms with Crippen LogP contribution in [0.1, 0.15) is 33.0 Å². The number of hydrogen-bond acceptors (Lipinski definition) is 5. The molecule has 0 saturated heterocycles. The van der Waals surface area contributed by atoms with Gasteiger partial charge in [-0.1, -0.05) is 24.3 Å². The van der Waals surface area contributed by atoms with Crippen LogP contribution >= 0.6 is 11.3 Å². The van der Waals surface area contributed by atoms with E-state index >= 15 is 0 Å². The lowest BCUT2D eigenvalue weighted by Gasteiger charge is -2.28. The Hall–Kier alpha value is -1.76. The Labute approximate surface area is 146 Å². The quantitative estimate of drug-likeness (QED) is 0.752. The summed E-state index contributed by atoms with van der Waals surface area (Å²) in [4.78, 5) is 18.8. The SMILES string of the molecule is NCCc1nc(C(=O)NCCCN2CCc3ccccc3C2)cs1. The number of hydrogen-bond donors (Lipinski definition) is 2. The maximum atomic E-state index is 12.1. The zero-order valence-corrected chi connectivity index (χ0v) is 14.6. The summed E-state index contributed by atoms with van der Waals surface area (Å²) in [5.41, 5.74) is 8.92. The van der Waals surface area contributed by atoms with Crippen LogP contribution in [-0.2, 0) is 19.4 Å². The second kappa shape index (κ2) is 8.37. The average molecular weight is 344 g/mol. The van der Waals surface area contributed by atoms with E-state index in [2.05, 4.69) is 39.5 Å². The zero-order chi connectivity index (χ0) is 16.8. The molecule has 6 heteroatoms. The summed E-state index contributed by atoms with van der Waals surface area (Å²) in [6.07, 6.45) is 2.80. The lowest BCUT2D eigenvalue weighted by molar-refractivity contribution is 0.0947. The van der Waals surface area contributed by atoms with Gasteiger partial charge in [0.05, 0.1) is 5.01 Å². The number of fused-ring (bicyclic) bond motifs is 1. The van der Waals surface area contributed by atoms with Gasteiger partial charge in [-0.2, -0.15) is 0 Å². The number of rotatable bonds is 7. The third-order valence-corrected chi connectivity index (χ3v) is 5.20. The minimum absolute atomic E-state index is 0.0847. The molecule has 1 aromatic heterocycles. The van der Waals surface area contributed by atoms with E-state index in [0.717, 1.165) is 43.9 Å². The highest BCUT2D eigenvalue weighted by molar-refractivity contribution is 7.09. The molecule has 2 aromatic rings. The van der Waals surface area contributed by atoms with Crippen LogP contribution in [0.3, 0.4) is 0 Å². The standard InChI is InChI=1S/C18H24N4OS/c19-8-6-17-21-16(13-24-17)18(23)20-9-3-10-22-11-7-14-4-1-2-5-15(14)12-22/h1-2,4-5,13H,3,6-12,19H2,(H,20,23). The number of nitrogens with zero attached hydrogens (tertiary/aromatic N) is 2. The van der Waals surface area contributed by atoms with E-state index in [9.17, 15) is 4.79 Å². The van der Waals surface area contributed by atoms with Crippen LogP contribution < -0.4 is 11.1 Å². The van der Waals surface area contributed by atoms with Gasteiger partial charge in [0, 0.05) is 38.0 Å². The van der Waals surface area contributed by atoms with Crippen molar-refractivity contribution in [3.63, 3.8) is 0 Å². The number of benzene rings is 1. The molecule has 24 heavy (non-hydrogen) atoms. The van der Waals surface area contributed by atoms with Crippen molar-refractivity contribution in [1.82, 2.24) is 15.2 Å². The Morgan fingerprint density at radius 1 is 1.33 bits per heavy atom. The van der Waals surface area contributed by atoms with E-state index in [4.69, 9.17) is 5.73 Å².